The van der Waals surface area contributed by atoms with Crippen LogP contribution in [-0.2, 0) is 9.59 Å². The molecule has 4 amide bonds. The van der Waals surface area contributed by atoms with Gasteiger partial charge in [0.05, 0.1) is 0 Å². The van der Waals surface area contributed by atoms with Crippen LogP contribution in [0.2, 0.25) is 0 Å². The van der Waals surface area contributed by atoms with Crippen molar-refractivity contribution >= 4 is 29.2 Å². The number of halogens is 2. The third-order valence-corrected chi connectivity index (χ3v) is 6.38. The second-order valence-electron chi connectivity index (χ2n) is 10.8. The van der Waals surface area contributed by atoms with E-state index in [0.29, 0.717) is 22.5 Å². The number of benzene rings is 3. The van der Waals surface area contributed by atoms with Crippen LogP contribution >= 0.6 is 0 Å². The molecular weight excluding hydrogens is 502 g/mol. The SMILES string of the molecule is Cc1cccc(NC(=O)NC2CC(c3ccc(F)c(F)c3)c3ccccc3N(CC(=O)NC(C)(C)C)C2=O)c1. The number of aryl methyl sites for hydroxylation is 1. The molecule has 0 bridgehead atoms. The molecule has 3 N–H and O–H groups in total. The van der Waals surface area contributed by atoms with Crippen LogP contribution in [0.25, 0.3) is 0 Å². The molecular formula is C30H32F2N4O3. The average Bonchev–Trinajstić information content (AvgIpc) is 2.95. The first-order valence-electron chi connectivity index (χ1n) is 12.7. The molecule has 0 saturated heterocycles. The lowest BCUT2D eigenvalue weighted by Gasteiger charge is -2.28. The molecule has 1 aliphatic heterocycles. The summed E-state index contributed by atoms with van der Waals surface area (Å²) in [5.74, 6) is -3.43. The van der Waals surface area contributed by atoms with Crippen molar-refractivity contribution in [1.29, 1.82) is 0 Å². The van der Waals surface area contributed by atoms with Crippen LogP contribution in [0.3, 0.4) is 0 Å². The van der Waals surface area contributed by atoms with Crippen LogP contribution < -0.4 is 20.9 Å². The quantitative estimate of drug-likeness (QED) is 0.418. The van der Waals surface area contributed by atoms with Gasteiger partial charge in [0.25, 0.3) is 0 Å². The Bertz CT molecular complexity index is 1400. The van der Waals surface area contributed by atoms with Gasteiger partial charge in [0.15, 0.2) is 11.6 Å². The Kier molecular flexibility index (Phi) is 7.99. The summed E-state index contributed by atoms with van der Waals surface area (Å²) in [6, 6.07) is 16.2. The van der Waals surface area contributed by atoms with Crippen LogP contribution in [0.4, 0.5) is 25.0 Å². The van der Waals surface area contributed by atoms with Crippen molar-refractivity contribution in [3.05, 3.63) is 95.1 Å². The highest BCUT2D eigenvalue weighted by Crippen LogP contribution is 2.39. The molecule has 0 radical (unpaired) electrons. The molecule has 0 fully saturated rings. The van der Waals surface area contributed by atoms with Gasteiger partial charge in [-0.2, -0.15) is 0 Å². The number of hydrogen-bond acceptors (Lipinski definition) is 3. The van der Waals surface area contributed by atoms with Crippen molar-refractivity contribution in [2.75, 3.05) is 16.8 Å². The molecule has 3 aromatic rings. The predicted molar refractivity (Wildman–Crippen MR) is 147 cm³/mol. The first kappa shape index (κ1) is 27.8. The molecule has 1 heterocycles. The van der Waals surface area contributed by atoms with Gasteiger partial charge in [-0.1, -0.05) is 36.4 Å². The highest BCUT2D eigenvalue weighted by molar-refractivity contribution is 6.05. The van der Waals surface area contributed by atoms with E-state index >= 15 is 0 Å². The molecule has 3 aromatic carbocycles. The molecule has 2 atom stereocenters. The Hall–Kier alpha value is -4.27. The fraction of sp³-hybridized carbons (Fsp3) is 0.300. The number of nitrogens with one attached hydrogen (secondary N) is 3. The highest BCUT2D eigenvalue weighted by atomic mass is 19.2. The van der Waals surface area contributed by atoms with E-state index in [0.717, 1.165) is 17.7 Å². The topological polar surface area (TPSA) is 90.5 Å². The van der Waals surface area contributed by atoms with Gasteiger partial charge in [-0.15, -0.1) is 0 Å². The van der Waals surface area contributed by atoms with E-state index in [2.05, 4.69) is 16.0 Å². The average molecular weight is 535 g/mol. The van der Waals surface area contributed by atoms with Crippen LogP contribution in [-0.4, -0.2) is 36.0 Å². The van der Waals surface area contributed by atoms with Crippen molar-refractivity contribution in [3.63, 3.8) is 0 Å². The summed E-state index contributed by atoms with van der Waals surface area (Å²) in [6.45, 7) is 7.12. The number of nitrogens with zero attached hydrogens (tertiary/aromatic N) is 1. The predicted octanol–water partition coefficient (Wildman–Crippen LogP) is 5.25. The van der Waals surface area contributed by atoms with Crippen molar-refractivity contribution in [1.82, 2.24) is 10.6 Å². The Labute approximate surface area is 226 Å². The molecule has 9 heteroatoms. The van der Waals surface area contributed by atoms with Crippen LogP contribution in [0.15, 0.2) is 66.7 Å². The number of anilines is 2. The van der Waals surface area contributed by atoms with Crippen LogP contribution in [0.1, 0.15) is 49.8 Å². The van der Waals surface area contributed by atoms with Gasteiger partial charge >= 0.3 is 6.03 Å². The van der Waals surface area contributed by atoms with Gasteiger partial charge < -0.3 is 20.9 Å². The van der Waals surface area contributed by atoms with Gasteiger partial charge in [0.1, 0.15) is 12.6 Å². The largest absolute Gasteiger partial charge is 0.350 e. The smallest absolute Gasteiger partial charge is 0.319 e. The standard InChI is InChI=1S/C30H32F2N4O3/c1-18-8-7-9-20(14-18)33-29(39)34-25-16-22(19-12-13-23(31)24(32)15-19)21-10-5-6-11-26(21)36(28(25)38)17-27(37)35-30(2,3)4/h5-15,22,25H,16-17H2,1-4H3,(H,35,37)(H2,33,34,39). The molecule has 0 aliphatic carbocycles. The van der Waals surface area contributed by atoms with E-state index in [1.807, 2.05) is 33.8 Å². The third kappa shape index (κ3) is 6.79. The van der Waals surface area contributed by atoms with E-state index in [4.69, 9.17) is 0 Å². The lowest BCUT2D eigenvalue weighted by molar-refractivity contribution is -0.125. The monoisotopic (exact) mass is 534 g/mol. The number of hydrogen-bond donors (Lipinski definition) is 3. The fourth-order valence-corrected chi connectivity index (χ4v) is 4.78. The van der Waals surface area contributed by atoms with Gasteiger partial charge in [-0.3, -0.25) is 9.59 Å². The molecule has 0 saturated carbocycles. The molecule has 7 nitrogen and oxygen atoms in total. The van der Waals surface area contributed by atoms with E-state index in [-0.39, 0.29) is 18.9 Å². The zero-order chi connectivity index (χ0) is 28.3. The third-order valence-electron chi connectivity index (χ3n) is 6.38. The van der Waals surface area contributed by atoms with E-state index < -0.39 is 41.1 Å². The number of carbonyl (C=O) groups excluding carboxylic acids is 3. The maximum atomic E-state index is 14.3. The van der Waals surface area contributed by atoms with E-state index in [9.17, 15) is 23.2 Å². The Morgan fingerprint density at radius 1 is 0.974 bits per heavy atom. The molecule has 204 valence electrons. The van der Waals surface area contributed by atoms with Gasteiger partial charge in [-0.25, -0.2) is 13.6 Å². The molecule has 0 aromatic heterocycles. The minimum absolute atomic E-state index is 0.0690. The summed E-state index contributed by atoms with van der Waals surface area (Å²) in [4.78, 5) is 41.2. The lowest BCUT2D eigenvalue weighted by atomic mass is 9.86. The molecule has 4 rings (SSSR count). The zero-order valence-electron chi connectivity index (χ0n) is 22.3. The van der Waals surface area contributed by atoms with Gasteiger partial charge in [-0.05, 0) is 81.1 Å². The van der Waals surface area contributed by atoms with Crippen LogP contribution in [0, 0.1) is 18.6 Å². The maximum absolute atomic E-state index is 14.3. The minimum Gasteiger partial charge on any atom is -0.350 e. The Morgan fingerprint density at radius 2 is 1.72 bits per heavy atom. The van der Waals surface area contributed by atoms with Crippen molar-refractivity contribution in [3.8, 4) is 0 Å². The number of fused-ring (bicyclic) bond motifs is 1. The number of carbonyl (C=O) groups is 3. The van der Waals surface area contributed by atoms with E-state index in [1.54, 1.807) is 42.5 Å². The van der Waals surface area contributed by atoms with Crippen LogP contribution in [0.5, 0.6) is 0 Å². The van der Waals surface area contributed by atoms with Crippen molar-refractivity contribution in [2.24, 2.45) is 0 Å². The molecule has 0 spiro atoms. The first-order chi connectivity index (χ1) is 18.4. The normalized spacial score (nSPS) is 17.2. The summed E-state index contributed by atoms with van der Waals surface area (Å²) in [7, 11) is 0. The maximum Gasteiger partial charge on any atom is 0.319 e. The first-order valence-corrected chi connectivity index (χ1v) is 12.7. The summed E-state index contributed by atoms with van der Waals surface area (Å²) >= 11 is 0. The number of rotatable bonds is 5. The molecule has 1 aliphatic rings. The zero-order valence-corrected chi connectivity index (χ0v) is 22.3. The van der Waals surface area contributed by atoms with Gasteiger partial charge in [0.2, 0.25) is 11.8 Å². The summed E-state index contributed by atoms with van der Waals surface area (Å²) in [5.41, 5.74) is 2.54. The number of para-hydroxylation sites is 1. The summed E-state index contributed by atoms with van der Waals surface area (Å²) in [6.07, 6.45) is 0.0690. The minimum atomic E-state index is -1.07. The Morgan fingerprint density at radius 3 is 2.41 bits per heavy atom. The number of amides is 4. The second kappa shape index (κ2) is 11.2. The highest BCUT2D eigenvalue weighted by Gasteiger charge is 2.37. The Balaban J connectivity index is 1.72. The molecule has 2 unspecified atom stereocenters. The van der Waals surface area contributed by atoms with E-state index in [1.165, 1.54) is 11.0 Å². The summed E-state index contributed by atoms with van der Waals surface area (Å²) < 4.78 is 28.1. The van der Waals surface area contributed by atoms with Crippen molar-refractivity contribution in [2.45, 2.75) is 51.6 Å². The van der Waals surface area contributed by atoms with Gasteiger partial charge in [0, 0.05) is 22.8 Å². The molecule has 39 heavy (non-hydrogen) atoms. The van der Waals surface area contributed by atoms with Crippen molar-refractivity contribution < 1.29 is 23.2 Å². The number of urea groups is 1. The fourth-order valence-electron chi connectivity index (χ4n) is 4.78. The summed E-state index contributed by atoms with van der Waals surface area (Å²) in [5, 5.41) is 8.35. The lowest BCUT2D eigenvalue weighted by Crippen LogP contribution is -2.53. The second-order valence-corrected chi connectivity index (χ2v) is 10.8.